The number of carbonyl (C=O) groups excluding carboxylic acids is 2. The van der Waals surface area contributed by atoms with Gasteiger partial charge in [0.05, 0.1) is 20.8 Å². The molecule has 6 heteroatoms. The van der Waals surface area contributed by atoms with Crippen LogP contribution in [0.4, 0.5) is 4.39 Å². The van der Waals surface area contributed by atoms with Gasteiger partial charge in [-0.3, -0.25) is 0 Å². The number of fused-ring (bicyclic) bond motifs is 1. The van der Waals surface area contributed by atoms with Crippen molar-refractivity contribution in [1.82, 2.24) is 0 Å². The van der Waals surface area contributed by atoms with Crippen molar-refractivity contribution >= 4 is 29.8 Å². The molecule has 0 saturated heterocycles. The minimum atomic E-state index is -0.341. The van der Waals surface area contributed by atoms with Crippen molar-refractivity contribution < 1.29 is 28.2 Å². The molecule has 5 nitrogen and oxygen atoms in total. The lowest BCUT2D eigenvalue weighted by Crippen LogP contribution is -2.02. The normalized spacial score (nSPS) is 13.9. The van der Waals surface area contributed by atoms with Crippen molar-refractivity contribution in [3.05, 3.63) is 58.4 Å². The van der Waals surface area contributed by atoms with E-state index in [0.717, 1.165) is 46.0 Å². The van der Waals surface area contributed by atoms with Crippen molar-refractivity contribution in [2.45, 2.75) is 19.8 Å². The lowest BCUT2D eigenvalue weighted by atomic mass is 10.00. The summed E-state index contributed by atoms with van der Waals surface area (Å²) in [5, 5.41) is 0. The minimum absolute atomic E-state index is 0.215. The van der Waals surface area contributed by atoms with Crippen molar-refractivity contribution in [2.75, 3.05) is 20.8 Å². The van der Waals surface area contributed by atoms with Crippen molar-refractivity contribution in [2.24, 2.45) is 0 Å². The van der Waals surface area contributed by atoms with Gasteiger partial charge in [0, 0.05) is 12.8 Å². The molecule has 2 aromatic rings. The van der Waals surface area contributed by atoms with Gasteiger partial charge in [0.1, 0.15) is 18.4 Å². The Morgan fingerprint density at radius 2 is 1.67 bits per heavy atom. The lowest BCUT2D eigenvalue weighted by molar-refractivity contribution is -0.108. The zero-order chi connectivity index (χ0) is 21.7. The van der Waals surface area contributed by atoms with E-state index in [1.807, 2.05) is 13.0 Å². The molecule has 0 unspecified atom stereocenters. The number of rotatable bonds is 9. The smallest absolute Gasteiger partial charge is 0.203 e. The first-order valence-electron chi connectivity index (χ1n) is 9.52. The standard InChI is InChI=1S/C24H23FO5/c1-15-18(7-9-27)21-14-17(25)5-6-19(21)20(15)11-16-12-22(28-2)24(23(13-16)29-3)30-10-4-8-26/h5-6,8-9,11-14H,4,7,10H2,1-3H3/b20-11-. The van der Waals surface area contributed by atoms with Gasteiger partial charge in [-0.05, 0) is 70.7 Å². The van der Waals surface area contributed by atoms with E-state index in [2.05, 4.69) is 0 Å². The van der Waals surface area contributed by atoms with Crippen LogP contribution in [0.2, 0.25) is 0 Å². The summed E-state index contributed by atoms with van der Waals surface area (Å²) in [4.78, 5) is 21.7. The van der Waals surface area contributed by atoms with E-state index in [4.69, 9.17) is 14.2 Å². The Balaban J connectivity index is 2.10. The fraction of sp³-hybridized carbons (Fsp3) is 0.250. The molecular formula is C24H23FO5. The highest BCUT2D eigenvalue weighted by Crippen LogP contribution is 2.45. The molecule has 1 aliphatic carbocycles. The molecule has 0 aromatic heterocycles. The molecule has 0 atom stereocenters. The van der Waals surface area contributed by atoms with Gasteiger partial charge in [-0.25, -0.2) is 4.39 Å². The van der Waals surface area contributed by atoms with Gasteiger partial charge in [0.2, 0.25) is 5.75 Å². The van der Waals surface area contributed by atoms with E-state index in [1.54, 1.807) is 18.2 Å². The number of allylic oxidation sites excluding steroid dienone is 3. The second-order valence-corrected chi connectivity index (χ2v) is 6.78. The molecule has 30 heavy (non-hydrogen) atoms. The average molecular weight is 410 g/mol. The van der Waals surface area contributed by atoms with Crippen LogP contribution in [-0.2, 0) is 9.59 Å². The molecule has 156 valence electrons. The van der Waals surface area contributed by atoms with Gasteiger partial charge in [-0.15, -0.1) is 0 Å². The van der Waals surface area contributed by atoms with Gasteiger partial charge in [-0.2, -0.15) is 0 Å². The Labute approximate surface area is 174 Å². The molecule has 0 saturated carbocycles. The first-order chi connectivity index (χ1) is 14.5. The molecule has 0 bridgehead atoms. The van der Waals surface area contributed by atoms with E-state index in [1.165, 1.54) is 26.4 Å². The molecule has 0 radical (unpaired) electrons. The zero-order valence-corrected chi connectivity index (χ0v) is 17.2. The zero-order valence-electron chi connectivity index (χ0n) is 17.2. The molecule has 0 aliphatic heterocycles. The Bertz CT molecular complexity index is 1010. The van der Waals surface area contributed by atoms with Gasteiger partial charge in [-0.1, -0.05) is 6.07 Å². The number of hydrogen-bond donors (Lipinski definition) is 0. The third-order valence-electron chi connectivity index (χ3n) is 5.02. The third-order valence-corrected chi connectivity index (χ3v) is 5.02. The summed E-state index contributed by atoms with van der Waals surface area (Å²) in [6.45, 7) is 2.14. The Hall–Kier alpha value is -3.41. The average Bonchev–Trinajstić information content (AvgIpc) is 2.99. The predicted molar refractivity (Wildman–Crippen MR) is 113 cm³/mol. The molecule has 0 N–H and O–H groups in total. The van der Waals surface area contributed by atoms with Gasteiger partial charge in [0.15, 0.2) is 11.5 Å². The van der Waals surface area contributed by atoms with Crippen LogP contribution in [0.25, 0.3) is 17.2 Å². The first kappa shape index (κ1) is 21.3. The molecular weight excluding hydrogens is 387 g/mol. The summed E-state index contributed by atoms with van der Waals surface area (Å²) in [5.74, 6) is 1.02. The summed E-state index contributed by atoms with van der Waals surface area (Å²) >= 11 is 0. The van der Waals surface area contributed by atoms with Gasteiger partial charge < -0.3 is 23.8 Å². The van der Waals surface area contributed by atoms with Crippen LogP contribution in [0.15, 0.2) is 35.9 Å². The summed E-state index contributed by atoms with van der Waals surface area (Å²) in [6.07, 6.45) is 4.03. The topological polar surface area (TPSA) is 61.8 Å². The molecule has 0 amide bonds. The minimum Gasteiger partial charge on any atom is -0.493 e. The van der Waals surface area contributed by atoms with Crippen molar-refractivity contribution in [3.8, 4) is 17.2 Å². The predicted octanol–water partition coefficient (Wildman–Crippen LogP) is 4.73. The fourth-order valence-corrected chi connectivity index (χ4v) is 3.60. The van der Waals surface area contributed by atoms with E-state index >= 15 is 0 Å². The number of ether oxygens (including phenoxy) is 3. The maximum Gasteiger partial charge on any atom is 0.203 e. The third kappa shape index (κ3) is 4.13. The van der Waals surface area contributed by atoms with Crippen LogP contribution in [0, 0.1) is 5.82 Å². The molecule has 1 aliphatic rings. The maximum absolute atomic E-state index is 13.8. The van der Waals surface area contributed by atoms with Crippen LogP contribution in [0.5, 0.6) is 17.2 Å². The lowest BCUT2D eigenvalue weighted by Gasteiger charge is -2.15. The Kier molecular flexibility index (Phi) is 6.67. The second-order valence-electron chi connectivity index (χ2n) is 6.78. The van der Waals surface area contributed by atoms with Gasteiger partial charge in [0.25, 0.3) is 0 Å². The van der Waals surface area contributed by atoms with E-state index in [9.17, 15) is 14.0 Å². The molecule has 0 heterocycles. The number of methoxy groups -OCH3 is 2. The summed E-state index contributed by atoms with van der Waals surface area (Å²) in [7, 11) is 3.05. The number of halogens is 1. The number of hydrogen-bond acceptors (Lipinski definition) is 5. The van der Waals surface area contributed by atoms with Crippen LogP contribution >= 0.6 is 0 Å². The van der Waals surface area contributed by atoms with Gasteiger partial charge >= 0.3 is 0 Å². The van der Waals surface area contributed by atoms with E-state index < -0.39 is 0 Å². The fourth-order valence-electron chi connectivity index (χ4n) is 3.60. The van der Waals surface area contributed by atoms with E-state index in [0.29, 0.717) is 17.2 Å². The summed E-state index contributed by atoms with van der Waals surface area (Å²) in [5.41, 5.74) is 5.04. The second kappa shape index (κ2) is 9.39. The Morgan fingerprint density at radius 1 is 0.967 bits per heavy atom. The number of aldehydes is 2. The molecule has 3 rings (SSSR count). The highest BCUT2D eigenvalue weighted by Gasteiger charge is 2.24. The number of benzene rings is 2. The first-order valence-corrected chi connectivity index (χ1v) is 9.52. The largest absolute Gasteiger partial charge is 0.493 e. The molecule has 0 spiro atoms. The highest BCUT2D eigenvalue weighted by atomic mass is 19.1. The maximum atomic E-state index is 13.8. The van der Waals surface area contributed by atoms with Crippen molar-refractivity contribution in [1.29, 1.82) is 0 Å². The van der Waals surface area contributed by atoms with Crippen LogP contribution in [0.1, 0.15) is 36.5 Å². The van der Waals surface area contributed by atoms with Crippen LogP contribution in [-0.4, -0.2) is 33.4 Å². The number of carbonyl (C=O) groups is 2. The summed E-state index contributed by atoms with van der Waals surface area (Å²) in [6, 6.07) is 8.21. The highest BCUT2D eigenvalue weighted by molar-refractivity contribution is 6.06. The van der Waals surface area contributed by atoms with Crippen molar-refractivity contribution in [3.63, 3.8) is 0 Å². The molecule has 2 aromatic carbocycles. The van der Waals surface area contributed by atoms with Crippen LogP contribution in [0.3, 0.4) is 0 Å². The van der Waals surface area contributed by atoms with Crippen LogP contribution < -0.4 is 14.2 Å². The van der Waals surface area contributed by atoms with E-state index in [-0.39, 0.29) is 25.3 Å². The summed E-state index contributed by atoms with van der Waals surface area (Å²) < 4.78 is 30.4. The monoisotopic (exact) mass is 410 g/mol. The molecule has 0 fully saturated rings. The quantitative estimate of drug-likeness (QED) is 0.442. The Morgan fingerprint density at radius 3 is 2.27 bits per heavy atom. The SMILES string of the molecule is COc1cc(/C=C2/C(C)=C(CC=O)c3cc(F)ccc32)cc(OC)c1OCCC=O.